The van der Waals surface area contributed by atoms with Crippen molar-refractivity contribution in [1.29, 1.82) is 0 Å². The van der Waals surface area contributed by atoms with Crippen LogP contribution in [0.4, 0.5) is 10.5 Å². The highest BCUT2D eigenvalue weighted by Gasteiger charge is 2.10. The molecule has 3 aromatic carbocycles. The molecule has 3 rings (SSSR count). The summed E-state index contributed by atoms with van der Waals surface area (Å²) in [6.07, 6.45) is -0.807. The van der Waals surface area contributed by atoms with Gasteiger partial charge < -0.3 is 25.4 Å². The second-order valence-corrected chi connectivity index (χ2v) is 7.29. The minimum Gasteiger partial charge on any atom is -0.434 e. The van der Waals surface area contributed by atoms with E-state index in [9.17, 15) is 19.2 Å². The van der Waals surface area contributed by atoms with Crippen LogP contribution in [0.5, 0.6) is 5.75 Å². The molecule has 3 amide bonds. The Hall–Kier alpha value is -4.66. The van der Waals surface area contributed by atoms with E-state index in [1.807, 2.05) is 6.07 Å². The van der Waals surface area contributed by atoms with E-state index >= 15 is 0 Å². The van der Waals surface area contributed by atoms with Gasteiger partial charge in [-0.05, 0) is 61.0 Å². The monoisotopic (exact) mass is 475 g/mol. The molecule has 9 nitrogen and oxygen atoms in total. The van der Waals surface area contributed by atoms with Gasteiger partial charge in [0.05, 0.1) is 13.2 Å². The lowest BCUT2D eigenvalue weighted by Crippen LogP contribution is -2.36. The Morgan fingerprint density at radius 2 is 1.40 bits per heavy atom. The summed E-state index contributed by atoms with van der Waals surface area (Å²) >= 11 is 0. The van der Waals surface area contributed by atoms with Crippen LogP contribution >= 0.6 is 0 Å². The highest BCUT2D eigenvalue weighted by Crippen LogP contribution is 2.15. The summed E-state index contributed by atoms with van der Waals surface area (Å²) in [5.74, 6) is -0.696. The topological polar surface area (TPSA) is 123 Å². The van der Waals surface area contributed by atoms with Crippen LogP contribution in [-0.2, 0) is 16.1 Å². The summed E-state index contributed by atoms with van der Waals surface area (Å²) in [7, 11) is 0. The first-order chi connectivity index (χ1) is 16.9. The van der Waals surface area contributed by atoms with E-state index < -0.39 is 6.16 Å². The van der Waals surface area contributed by atoms with Crippen molar-refractivity contribution in [3.05, 3.63) is 95.6 Å². The first-order valence-corrected chi connectivity index (χ1v) is 10.9. The lowest BCUT2D eigenvalue weighted by Gasteiger charge is -2.09. The van der Waals surface area contributed by atoms with E-state index in [4.69, 9.17) is 9.47 Å². The predicted octanol–water partition coefficient (Wildman–Crippen LogP) is 3.52. The van der Waals surface area contributed by atoms with Crippen molar-refractivity contribution in [3.8, 4) is 5.75 Å². The van der Waals surface area contributed by atoms with E-state index in [0.717, 1.165) is 5.56 Å². The molecule has 0 aliphatic heterocycles. The van der Waals surface area contributed by atoms with Crippen LogP contribution in [-0.4, -0.2) is 37.0 Å². The standard InChI is InChI=1S/C26H25N3O6/c1-2-34-26(33)35-22-14-10-20(11-15-22)25(32)29-21-12-8-18(9-13-21)16-27-23(30)17-28-24(31)19-6-4-3-5-7-19/h3-15H,2,16-17H2,1H3,(H,27,30)(H,28,31)(H,29,32). The van der Waals surface area contributed by atoms with Crippen LogP contribution in [0, 0.1) is 0 Å². The fourth-order valence-corrected chi connectivity index (χ4v) is 2.94. The molecule has 180 valence electrons. The molecule has 3 aromatic rings. The SMILES string of the molecule is CCOC(=O)Oc1ccc(C(=O)Nc2ccc(CNC(=O)CNC(=O)c3ccccc3)cc2)cc1. The van der Waals surface area contributed by atoms with Gasteiger partial charge in [-0.15, -0.1) is 0 Å². The zero-order valence-electron chi connectivity index (χ0n) is 19.1. The second-order valence-electron chi connectivity index (χ2n) is 7.29. The average Bonchev–Trinajstić information content (AvgIpc) is 2.88. The lowest BCUT2D eigenvalue weighted by molar-refractivity contribution is -0.120. The van der Waals surface area contributed by atoms with Gasteiger partial charge in [-0.1, -0.05) is 30.3 Å². The largest absolute Gasteiger partial charge is 0.513 e. The maximum absolute atomic E-state index is 12.4. The van der Waals surface area contributed by atoms with Gasteiger partial charge in [-0.2, -0.15) is 0 Å². The number of benzene rings is 3. The van der Waals surface area contributed by atoms with Crippen molar-refractivity contribution in [1.82, 2.24) is 10.6 Å². The zero-order valence-corrected chi connectivity index (χ0v) is 19.1. The molecule has 0 aliphatic carbocycles. The number of rotatable bonds is 9. The third kappa shape index (κ3) is 8.01. The summed E-state index contributed by atoms with van der Waals surface area (Å²) in [5, 5.41) is 8.08. The van der Waals surface area contributed by atoms with E-state index in [1.54, 1.807) is 55.5 Å². The molecule has 3 N–H and O–H groups in total. The van der Waals surface area contributed by atoms with Crippen molar-refractivity contribution < 1.29 is 28.7 Å². The third-order valence-electron chi connectivity index (χ3n) is 4.73. The van der Waals surface area contributed by atoms with Crippen molar-refractivity contribution in [2.45, 2.75) is 13.5 Å². The molecule has 0 saturated heterocycles. The number of ether oxygens (including phenoxy) is 2. The Labute approximate surface area is 202 Å². The fourth-order valence-electron chi connectivity index (χ4n) is 2.94. The van der Waals surface area contributed by atoms with E-state index in [1.165, 1.54) is 24.3 Å². The molecule has 0 atom stereocenters. The molecular weight excluding hydrogens is 450 g/mol. The van der Waals surface area contributed by atoms with Crippen molar-refractivity contribution in [2.24, 2.45) is 0 Å². The third-order valence-corrected chi connectivity index (χ3v) is 4.73. The van der Waals surface area contributed by atoms with Crippen LogP contribution in [0.15, 0.2) is 78.9 Å². The van der Waals surface area contributed by atoms with Crippen LogP contribution in [0.2, 0.25) is 0 Å². The molecule has 0 unspecified atom stereocenters. The second kappa shape index (κ2) is 12.5. The van der Waals surface area contributed by atoms with Crippen LogP contribution < -0.4 is 20.7 Å². The highest BCUT2D eigenvalue weighted by molar-refractivity contribution is 6.04. The Bertz CT molecular complexity index is 1160. The van der Waals surface area contributed by atoms with E-state index in [2.05, 4.69) is 16.0 Å². The Kier molecular flexibility index (Phi) is 8.95. The molecule has 0 heterocycles. The summed E-state index contributed by atoms with van der Waals surface area (Å²) in [5.41, 5.74) is 2.27. The molecule has 0 saturated carbocycles. The molecule has 9 heteroatoms. The van der Waals surface area contributed by atoms with Gasteiger partial charge in [0.2, 0.25) is 5.91 Å². The lowest BCUT2D eigenvalue weighted by atomic mass is 10.1. The average molecular weight is 476 g/mol. The molecular formula is C26H25N3O6. The minimum absolute atomic E-state index is 0.133. The maximum Gasteiger partial charge on any atom is 0.513 e. The number of anilines is 1. The summed E-state index contributed by atoms with van der Waals surface area (Å²) < 4.78 is 9.66. The molecule has 0 aromatic heterocycles. The van der Waals surface area contributed by atoms with Gasteiger partial charge in [0, 0.05) is 23.4 Å². The zero-order chi connectivity index (χ0) is 25.0. The number of hydrogen-bond donors (Lipinski definition) is 3. The van der Waals surface area contributed by atoms with Gasteiger partial charge in [-0.3, -0.25) is 14.4 Å². The van der Waals surface area contributed by atoms with E-state index in [0.29, 0.717) is 16.8 Å². The maximum atomic E-state index is 12.4. The summed E-state index contributed by atoms with van der Waals surface area (Å²) in [6, 6.07) is 21.7. The Balaban J connectivity index is 1.43. The number of hydrogen-bond acceptors (Lipinski definition) is 6. The number of nitrogens with one attached hydrogen (secondary N) is 3. The van der Waals surface area contributed by atoms with E-state index in [-0.39, 0.29) is 43.2 Å². The molecule has 0 radical (unpaired) electrons. The molecule has 0 aliphatic rings. The molecule has 0 fully saturated rings. The first kappa shape index (κ1) is 25.0. The molecule has 0 spiro atoms. The predicted molar refractivity (Wildman–Crippen MR) is 129 cm³/mol. The van der Waals surface area contributed by atoms with Gasteiger partial charge in [-0.25, -0.2) is 4.79 Å². The minimum atomic E-state index is -0.807. The number of carbonyl (C=O) groups is 4. The quantitative estimate of drug-likeness (QED) is 0.321. The molecule has 0 bridgehead atoms. The number of carbonyl (C=O) groups excluding carboxylic acids is 4. The van der Waals surface area contributed by atoms with Gasteiger partial charge in [0.25, 0.3) is 11.8 Å². The number of amides is 3. The summed E-state index contributed by atoms with van der Waals surface area (Å²) in [6.45, 7) is 2.02. The van der Waals surface area contributed by atoms with Gasteiger partial charge in [0.1, 0.15) is 5.75 Å². The van der Waals surface area contributed by atoms with Gasteiger partial charge in [0.15, 0.2) is 0 Å². The van der Waals surface area contributed by atoms with Gasteiger partial charge >= 0.3 is 6.16 Å². The Morgan fingerprint density at radius 3 is 2.06 bits per heavy atom. The summed E-state index contributed by atoms with van der Waals surface area (Å²) in [4.78, 5) is 47.8. The van der Waals surface area contributed by atoms with Crippen LogP contribution in [0.1, 0.15) is 33.2 Å². The normalized spacial score (nSPS) is 10.1. The Morgan fingerprint density at radius 1 is 0.743 bits per heavy atom. The smallest absolute Gasteiger partial charge is 0.434 e. The van der Waals surface area contributed by atoms with Crippen LogP contribution in [0.3, 0.4) is 0 Å². The highest BCUT2D eigenvalue weighted by atomic mass is 16.7. The molecule has 35 heavy (non-hydrogen) atoms. The fraction of sp³-hybridized carbons (Fsp3) is 0.154. The van der Waals surface area contributed by atoms with Crippen molar-refractivity contribution in [2.75, 3.05) is 18.5 Å². The van der Waals surface area contributed by atoms with Crippen molar-refractivity contribution >= 4 is 29.6 Å². The van der Waals surface area contributed by atoms with Crippen LogP contribution in [0.25, 0.3) is 0 Å². The first-order valence-electron chi connectivity index (χ1n) is 10.9. The van der Waals surface area contributed by atoms with Crippen molar-refractivity contribution in [3.63, 3.8) is 0 Å².